The van der Waals surface area contributed by atoms with E-state index in [0.717, 1.165) is 11.3 Å². The lowest BCUT2D eigenvalue weighted by Gasteiger charge is -1.97. The molecule has 2 heterocycles. The van der Waals surface area contributed by atoms with Gasteiger partial charge >= 0.3 is 0 Å². The zero-order valence-corrected chi connectivity index (χ0v) is 9.06. The molecule has 86 valence electrons. The monoisotopic (exact) mass is 222 g/mol. The fourth-order valence-corrected chi connectivity index (χ4v) is 1.36. The molecule has 6 nitrogen and oxygen atoms in total. The summed E-state index contributed by atoms with van der Waals surface area (Å²) in [7, 11) is 1.58. The Morgan fingerprint density at radius 3 is 3.00 bits per heavy atom. The SMILES string of the molecule is COc1ccc2[nH]c(COCCN)nc2n1. The summed E-state index contributed by atoms with van der Waals surface area (Å²) in [5.41, 5.74) is 6.82. The van der Waals surface area contributed by atoms with Crippen molar-refractivity contribution in [2.24, 2.45) is 5.73 Å². The number of aromatic amines is 1. The van der Waals surface area contributed by atoms with Crippen LogP contribution < -0.4 is 10.5 Å². The maximum Gasteiger partial charge on any atom is 0.215 e. The molecule has 0 atom stereocenters. The van der Waals surface area contributed by atoms with Crippen LogP contribution in [0.25, 0.3) is 11.2 Å². The van der Waals surface area contributed by atoms with Crippen molar-refractivity contribution in [1.82, 2.24) is 15.0 Å². The van der Waals surface area contributed by atoms with Crippen LogP contribution in [0.2, 0.25) is 0 Å². The van der Waals surface area contributed by atoms with Gasteiger partial charge in [0.2, 0.25) is 5.88 Å². The molecule has 0 aliphatic carbocycles. The third-order valence-corrected chi connectivity index (χ3v) is 2.08. The number of pyridine rings is 1. The Labute approximate surface area is 92.8 Å². The maximum atomic E-state index is 5.32. The molecule has 0 aromatic carbocycles. The largest absolute Gasteiger partial charge is 0.481 e. The second-order valence-corrected chi connectivity index (χ2v) is 3.25. The van der Waals surface area contributed by atoms with E-state index in [9.17, 15) is 0 Å². The highest BCUT2D eigenvalue weighted by Gasteiger charge is 2.05. The van der Waals surface area contributed by atoms with Gasteiger partial charge in [-0.15, -0.1) is 0 Å². The van der Waals surface area contributed by atoms with Crippen LogP contribution in [0.15, 0.2) is 12.1 Å². The number of nitrogens with one attached hydrogen (secondary N) is 1. The molecule has 2 aromatic heterocycles. The molecule has 2 aromatic rings. The van der Waals surface area contributed by atoms with Crippen molar-refractivity contribution in [2.45, 2.75) is 6.61 Å². The molecule has 0 bridgehead atoms. The minimum absolute atomic E-state index is 0.413. The van der Waals surface area contributed by atoms with Gasteiger partial charge in [0, 0.05) is 12.6 Å². The first-order chi connectivity index (χ1) is 7.83. The van der Waals surface area contributed by atoms with Crippen LogP contribution in [0.3, 0.4) is 0 Å². The molecule has 2 rings (SSSR count). The van der Waals surface area contributed by atoms with E-state index in [0.29, 0.717) is 31.3 Å². The average molecular weight is 222 g/mol. The number of methoxy groups -OCH3 is 1. The van der Waals surface area contributed by atoms with Crippen LogP contribution in [-0.4, -0.2) is 35.2 Å². The number of aromatic nitrogens is 3. The average Bonchev–Trinajstić information content (AvgIpc) is 2.70. The third-order valence-electron chi connectivity index (χ3n) is 2.08. The molecule has 0 saturated carbocycles. The quantitative estimate of drug-likeness (QED) is 0.717. The smallest absolute Gasteiger partial charge is 0.215 e. The first kappa shape index (κ1) is 10.8. The molecule has 0 saturated heterocycles. The van der Waals surface area contributed by atoms with E-state index >= 15 is 0 Å². The number of nitrogens with two attached hydrogens (primary N) is 1. The van der Waals surface area contributed by atoms with E-state index in [2.05, 4.69) is 15.0 Å². The van der Waals surface area contributed by atoms with Gasteiger partial charge in [0.25, 0.3) is 0 Å². The summed E-state index contributed by atoms with van der Waals surface area (Å²) in [5, 5.41) is 0. The molecule has 16 heavy (non-hydrogen) atoms. The van der Waals surface area contributed by atoms with E-state index in [1.807, 2.05) is 6.07 Å². The second-order valence-electron chi connectivity index (χ2n) is 3.25. The van der Waals surface area contributed by atoms with Gasteiger partial charge < -0.3 is 20.2 Å². The number of hydrogen-bond donors (Lipinski definition) is 2. The van der Waals surface area contributed by atoms with Crippen LogP contribution >= 0.6 is 0 Å². The Morgan fingerprint density at radius 2 is 2.25 bits per heavy atom. The Kier molecular flexibility index (Phi) is 3.33. The summed E-state index contributed by atoms with van der Waals surface area (Å²) < 4.78 is 10.3. The van der Waals surface area contributed by atoms with Crippen molar-refractivity contribution in [2.75, 3.05) is 20.3 Å². The van der Waals surface area contributed by atoms with Crippen LogP contribution in [0.4, 0.5) is 0 Å². The molecule has 0 aliphatic heterocycles. The summed E-state index contributed by atoms with van der Waals surface area (Å²) in [6.45, 7) is 1.44. The zero-order valence-electron chi connectivity index (χ0n) is 9.06. The highest BCUT2D eigenvalue weighted by atomic mass is 16.5. The van der Waals surface area contributed by atoms with Crippen LogP contribution in [0.1, 0.15) is 5.82 Å². The molecule has 6 heteroatoms. The minimum atomic E-state index is 0.413. The van der Waals surface area contributed by atoms with Crippen molar-refractivity contribution < 1.29 is 9.47 Å². The highest BCUT2D eigenvalue weighted by molar-refractivity contribution is 5.71. The van der Waals surface area contributed by atoms with E-state index < -0.39 is 0 Å². The van der Waals surface area contributed by atoms with Crippen molar-refractivity contribution in [3.8, 4) is 5.88 Å². The van der Waals surface area contributed by atoms with Gasteiger partial charge in [0.05, 0.1) is 19.2 Å². The summed E-state index contributed by atoms with van der Waals surface area (Å²) in [5.74, 6) is 1.29. The lowest BCUT2D eigenvalue weighted by Crippen LogP contribution is -2.08. The lowest BCUT2D eigenvalue weighted by atomic mass is 10.4. The molecular weight excluding hydrogens is 208 g/mol. The fraction of sp³-hybridized carbons (Fsp3) is 0.400. The van der Waals surface area contributed by atoms with Crippen LogP contribution in [-0.2, 0) is 11.3 Å². The second kappa shape index (κ2) is 4.91. The van der Waals surface area contributed by atoms with Crippen molar-refractivity contribution in [1.29, 1.82) is 0 Å². The van der Waals surface area contributed by atoms with Gasteiger partial charge in [0.1, 0.15) is 12.4 Å². The number of hydrogen-bond acceptors (Lipinski definition) is 5. The number of imidazole rings is 1. The molecule has 0 aliphatic rings. The van der Waals surface area contributed by atoms with Gasteiger partial charge in [-0.25, -0.2) is 4.98 Å². The molecule has 0 amide bonds. The maximum absolute atomic E-state index is 5.32. The van der Waals surface area contributed by atoms with E-state index in [4.69, 9.17) is 15.2 Å². The van der Waals surface area contributed by atoms with E-state index in [1.165, 1.54) is 0 Å². The van der Waals surface area contributed by atoms with Gasteiger partial charge in [0.15, 0.2) is 5.65 Å². The van der Waals surface area contributed by atoms with Crippen molar-refractivity contribution in [3.63, 3.8) is 0 Å². The standard InChI is InChI=1S/C10H14N4O2/c1-15-9-3-2-7-10(14-9)13-8(12-7)6-16-5-4-11/h2-3H,4-6,11H2,1H3,(H,12,13,14). The van der Waals surface area contributed by atoms with Gasteiger partial charge in [-0.2, -0.15) is 4.98 Å². The predicted octanol–water partition coefficient (Wildman–Crippen LogP) is 0.442. The minimum Gasteiger partial charge on any atom is -0.481 e. The number of ether oxygens (including phenoxy) is 2. The Hall–Kier alpha value is -1.66. The summed E-state index contributed by atoms with van der Waals surface area (Å²) >= 11 is 0. The van der Waals surface area contributed by atoms with Crippen molar-refractivity contribution >= 4 is 11.2 Å². The number of fused-ring (bicyclic) bond motifs is 1. The van der Waals surface area contributed by atoms with E-state index in [-0.39, 0.29) is 0 Å². The lowest BCUT2D eigenvalue weighted by molar-refractivity contribution is 0.123. The third kappa shape index (κ3) is 2.29. The molecule has 3 N–H and O–H groups in total. The molecule has 0 radical (unpaired) electrons. The number of nitrogens with zero attached hydrogens (tertiary/aromatic N) is 2. The zero-order chi connectivity index (χ0) is 11.4. The Morgan fingerprint density at radius 1 is 1.38 bits per heavy atom. The Balaban J connectivity index is 2.16. The normalized spacial score (nSPS) is 10.9. The molecule has 0 fully saturated rings. The summed E-state index contributed by atoms with van der Waals surface area (Å²) in [6.07, 6.45) is 0. The van der Waals surface area contributed by atoms with Crippen LogP contribution in [0.5, 0.6) is 5.88 Å². The van der Waals surface area contributed by atoms with Gasteiger partial charge in [-0.1, -0.05) is 0 Å². The first-order valence-corrected chi connectivity index (χ1v) is 5.01. The fourth-order valence-electron chi connectivity index (χ4n) is 1.36. The van der Waals surface area contributed by atoms with E-state index in [1.54, 1.807) is 13.2 Å². The molecular formula is C10H14N4O2. The predicted molar refractivity (Wildman–Crippen MR) is 59.2 cm³/mol. The number of H-pyrrole nitrogens is 1. The molecule has 0 unspecified atom stereocenters. The molecule has 0 spiro atoms. The number of rotatable bonds is 5. The summed E-state index contributed by atoms with van der Waals surface area (Å²) in [6, 6.07) is 3.66. The topological polar surface area (TPSA) is 86.0 Å². The van der Waals surface area contributed by atoms with Gasteiger partial charge in [-0.05, 0) is 6.07 Å². The van der Waals surface area contributed by atoms with Crippen molar-refractivity contribution in [3.05, 3.63) is 18.0 Å². The Bertz CT molecular complexity index is 469. The highest BCUT2D eigenvalue weighted by Crippen LogP contribution is 2.14. The summed E-state index contributed by atoms with van der Waals surface area (Å²) in [4.78, 5) is 11.6. The van der Waals surface area contributed by atoms with Gasteiger partial charge in [-0.3, -0.25) is 0 Å². The van der Waals surface area contributed by atoms with Crippen LogP contribution in [0, 0.1) is 0 Å². The first-order valence-electron chi connectivity index (χ1n) is 5.01.